The molecule has 104 valence electrons. The molecule has 1 saturated heterocycles. The van der Waals surface area contributed by atoms with Gasteiger partial charge in [-0.1, -0.05) is 18.5 Å². The van der Waals surface area contributed by atoms with Crippen molar-refractivity contribution in [2.45, 2.75) is 50.4 Å². The molecular formula is C15H19ClO3. The molecule has 3 rings (SSSR count). The summed E-state index contributed by atoms with van der Waals surface area (Å²) >= 11 is 5.98. The van der Waals surface area contributed by atoms with Gasteiger partial charge in [0.2, 0.25) is 0 Å². The molecule has 3 unspecified atom stereocenters. The maximum absolute atomic E-state index is 10.4. The second kappa shape index (κ2) is 4.97. The second-order valence-electron chi connectivity index (χ2n) is 5.54. The van der Waals surface area contributed by atoms with Crippen molar-refractivity contribution in [3.8, 4) is 5.75 Å². The van der Waals surface area contributed by atoms with Gasteiger partial charge >= 0.3 is 0 Å². The Hall–Kier alpha value is -0.770. The first kappa shape index (κ1) is 13.2. The lowest BCUT2D eigenvalue weighted by Crippen LogP contribution is -2.48. The minimum Gasteiger partial charge on any atom is -0.487 e. The van der Waals surface area contributed by atoms with Crippen LogP contribution in [-0.4, -0.2) is 23.4 Å². The van der Waals surface area contributed by atoms with Gasteiger partial charge in [-0.15, -0.1) is 0 Å². The molecule has 0 aliphatic carbocycles. The van der Waals surface area contributed by atoms with Crippen LogP contribution in [0.5, 0.6) is 5.75 Å². The first-order valence-corrected chi connectivity index (χ1v) is 7.28. The minimum absolute atomic E-state index is 0.231. The van der Waals surface area contributed by atoms with Crippen molar-refractivity contribution in [1.29, 1.82) is 0 Å². The van der Waals surface area contributed by atoms with Crippen molar-refractivity contribution in [3.63, 3.8) is 0 Å². The molecule has 0 aromatic heterocycles. The van der Waals surface area contributed by atoms with E-state index in [0.29, 0.717) is 18.1 Å². The van der Waals surface area contributed by atoms with Crippen LogP contribution < -0.4 is 4.74 Å². The molecule has 0 radical (unpaired) electrons. The number of halogens is 1. The van der Waals surface area contributed by atoms with Gasteiger partial charge in [-0.05, 0) is 24.6 Å². The van der Waals surface area contributed by atoms with Gasteiger partial charge in [0.05, 0.1) is 18.8 Å². The van der Waals surface area contributed by atoms with Gasteiger partial charge in [0, 0.05) is 29.8 Å². The van der Waals surface area contributed by atoms with Gasteiger partial charge in [0.1, 0.15) is 11.4 Å². The first-order chi connectivity index (χ1) is 9.12. The highest BCUT2D eigenvalue weighted by atomic mass is 35.5. The summed E-state index contributed by atoms with van der Waals surface area (Å²) < 4.78 is 11.9. The van der Waals surface area contributed by atoms with E-state index in [2.05, 4.69) is 6.92 Å². The van der Waals surface area contributed by atoms with Gasteiger partial charge in [-0.2, -0.15) is 0 Å². The van der Waals surface area contributed by atoms with E-state index >= 15 is 0 Å². The van der Waals surface area contributed by atoms with Gasteiger partial charge in [-0.25, -0.2) is 0 Å². The van der Waals surface area contributed by atoms with Crippen molar-refractivity contribution in [1.82, 2.24) is 0 Å². The molecule has 1 aromatic rings. The summed E-state index contributed by atoms with van der Waals surface area (Å²) in [6.45, 7) is 2.82. The molecule has 2 heterocycles. The Kier molecular flexibility index (Phi) is 3.46. The molecule has 3 nitrogen and oxygen atoms in total. The number of aliphatic hydroxyl groups excluding tert-OH is 1. The summed E-state index contributed by atoms with van der Waals surface area (Å²) in [6.07, 6.45) is 3.02. The van der Waals surface area contributed by atoms with E-state index in [-0.39, 0.29) is 11.7 Å². The van der Waals surface area contributed by atoms with Crippen LogP contribution in [-0.2, 0) is 4.74 Å². The van der Waals surface area contributed by atoms with E-state index in [9.17, 15) is 5.11 Å². The zero-order chi connectivity index (χ0) is 13.5. The lowest BCUT2D eigenvalue weighted by Gasteiger charge is -2.45. The summed E-state index contributed by atoms with van der Waals surface area (Å²) in [5.74, 6) is 0.764. The van der Waals surface area contributed by atoms with E-state index in [1.807, 2.05) is 12.1 Å². The third-order valence-corrected chi connectivity index (χ3v) is 4.42. The number of aliphatic hydroxyl groups is 1. The summed E-state index contributed by atoms with van der Waals surface area (Å²) in [5, 5.41) is 11.0. The molecule has 0 bridgehead atoms. The van der Waals surface area contributed by atoms with Crippen molar-refractivity contribution in [2.24, 2.45) is 0 Å². The Morgan fingerprint density at radius 2 is 2.26 bits per heavy atom. The summed E-state index contributed by atoms with van der Waals surface area (Å²) in [7, 11) is 0. The standard InChI is InChI=1S/C15H19ClO3/c1-2-11-8-15(5-6-18-11)9-13(17)12-7-10(16)3-4-14(12)19-15/h3-4,7,11,13,17H,2,5-6,8-9H2,1H3. The zero-order valence-electron chi connectivity index (χ0n) is 11.1. The normalized spacial score (nSPS) is 33.8. The van der Waals surface area contributed by atoms with Gasteiger partial charge in [-0.3, -0.25) is 0 Å². The van der Waals surface area contributed by atoms with Gasteiger partial charge in [0.15, 0.2) is 0 Å². The average molecular weight is 283 g/mol. The number of hydrogen-bond donors (Lipinski definition) is 1. The smallest absolute Gasteiger partial charge is 0.126 e. The molecule has 19 heavy (non-hydrogen) atoms. The highest BCUT2D eigenvalue weighted by Crippen LogP contribution is 2.45. The molecule has 4 heteroatoms. The van der Waals surface area contributed by atoms with Crippen LogP contribution in [0.15, 0.2) is 18.2 Å². The molecular weight excluding hydrogens is 264 g/mol. The van der Waals surface area contributed by atoms with Crippen LogP contribution in [0.1, 0.15) is 44.3 Å². The number of benzene rings is 1. The zero-order valence-corrected chi connectivity index (χ0v) is 11.8. The van der Waals surface area contributed by atoms with E-state index in [4.69, 9.17) is 21.1 Å². The van der Waals surface area contributed by atoms with Crippen LogP contribution in [0.3, 0.4) is 0 Å². The van der Waals surface area contributed by atoms with Gasteiger partial charge in [0.25, 0.3) is 0 Å². The van der Waals surface area contributed by atoms with Crippen molar-refractivity contribution in [2.75, 3.05) is 6.61 Å². The Labute approximate surface area is 118 Å². The number of hydrogen-bond acceptors (Lipinski definition) is 3. The predicted molar refractivity (Wildman–Crippen MR) is 73.7 cm³/mol. The Balaban J connectivity index is 1.89. The summed E-state index contributed by atoms with van der Waals surface area (Å²) in [4.78, 5) is 0. The van der Waals surface area contributed by atoms with Crippen molar-refractivity contribution < 1.29 is 14.6 Å². The lowest BCUT2D eigenvalue weighted by molar-refractivity contribution is -0.116. The Bertz CT molecular complexity index is 476. The predicted octanol–water partition coefficient (Wildman–Crippen LogP) is 3.48. The SMILES string of the molecule is CCC1CC2(CCO1)CC(O)c1cc(Cl)ccc1O2. The van der Waals surface area contributed by atoms with Crippen LogP contribution in [0, 0.1) is 0 Å². The molecule has 0 amide bonds. The topological polar surface area (TPSA) is 38.7 Å². The lowest BCUT2D eigenvalue weighted by atomic mass is 9.80. The fourth-order valence-electron chi connectivity index (χ4n) is 3.14. The highest BCUT2D eigenvalue weighted by Gasteiger charge is 2.44. The molecule has 1 aromatic carbocycles. The molecule has 0 saturated carbocycles. The van der Waals surface area contributed by atoms with Crippen LogP contribution >= 0.6 is 11.6 Å². The Morgan fingerprint density at radius 3 is 3.05 bits per heavy atom. The molecule has 2 aliphatic rings. The number of fused-ring (bicyclic) bond motifs is 1. The number of rotatable bonds is 1. The molecule has 1 N–H and O–H groups in total. The fourth-order valence-corrected chi connectivity index (χ4v) is 3.32. The average Bonchev–Trinajstić information content (AvgIpc) is 2.40. The second-order valence-corrected chi connectivity index (χ2v) is 5.98. The Morgan fingerprint density at radius 1 is 1.42 bits per heavy atom. The van der Waals surface area contributed by atoms with E-state index < -0.39 is 6.10 Å². The fraction of sp³-hybridized carbons (Fsp3) is 0.600. The van der Waals surface area contributed by atoms with E-state index in [1.54, 1.807) is 6.07 Å². The molecule has 1 fully saturated rings. The summed E-state index contributed by atoms with van der Waals surface area (Å²) in [6, 6.07) is 5.46. The highest BCUT2D eigenvalue weighted by molar-refractivity contribution is 6.30. The number of ether oxygens (including phenoxy) is 2. The maximum Gasteiger partial charge on any atom is 0.126 e. The van der Waals surface area contributed by atoms with E-state index in [0.717, 1.165) is 30.6 Å². The van der Waals surface area contributed by atoms with Crippen molar-refractivity contribution >= 4 is 11.6 Å². The van der Waals surface area contributed by atoms with Crippen molar-refractivity contribution in [3.05, 3.63) is 28.8 Å². The van der Waals surface area contributed by atoms with Crippen LogP contribution in [0.25, 0.3) is 0 Å². The first-order valence-electron chi connectivity index (χ1n) is 6.90. The monoisotopic (exact) mass is 282 g/mol. The largest absolute Gasteiger partial charge is 0.487 e. The third kappa shape index (κ3) is 2.47. The minimum atomic E-state index is -0.502. The maximum atomic E-state index is 10.4. The third-order valence-electron chi connectivity index (χ3n) is 4.19. The van der Waals surface area contributed by atoms with Gasteiger partial charge < -0.3 is 14.6 Å². The van der Waals surface area contributed by atoms with Crippen LogP contribution in [0.4, 0.5) is 0 Å². The van der Waals surface area contributed by atoms with Crippen LogP contribution in [0.2, 0.25) is 5.02 Å². The molecule has 3 atom stereocenters. The van der Waals surface area contributed by atoms with E-state index in [1.165, 1.54) is 0 Å². The quantitative estimate of drug-likeness (QED) is 0.857. The molecule has 1 spiro atoms. The summed E-state index contributed by atoms with van der Waals surface area (Å²) in [5.41, 5.74) is 0.525. The molecule has 2 aliphatic heterocycles.